The van der Waals surface area contributed by atoms with Crippen LogP contribution in [0, 0.1) is 0 Å². The molecule has 1 aromatic carbocycles. The van der Waals surface area contributed by atoms with E-state index in [0.29, 0.717) is 52.4 Å². The van der Waals surface area contributed by atoms with Crippen molar-refractivity contribution in [2.24, 2.45) is 0 Å². The molecular formula is C19H25N3O4. The van der Waals surface area contributed by atoms with Crippen molar-refractivity contribution in [3.05, 3.63) is 29.8 Å². The van der Waals surface area contributed by atoms with Crippen LogP contribution < -0.4 is 4.74 Å². The Morgan fingerprint density at radius 1 is 0.962 bits per heavy atom. The van der Waals surface area contributed by atoms with Gasteiger partial charge in [0.05, 0.1) is 19.8 Å². The van der Waals surface area contributed by atoms with Crippen LogP contribution in [0.4, 0.5) is 0 Å². The number of rotatable bonds is 3. The van der Waals surface area contributed by atoms with Crippen molar-refractivity contribution in [3.8, 4) is 5.75 Å². The van der Waals surface area contributed by atoms with E-state index in [-0.39, 0.29) is 11.8 Å². The lowest BCUT2D eigenvalue weighted by Crippen LogP contribution is -2.55. The summed E-state index contributed by atoms with van der Waals surface area (Å²) in [5.41, 5.74) is 1.09. The van der Waals surface area contributed by atoms with Gasteiger partial charge in [-0.1, -0.05) is 18.2 Å². The van der Waals surface area contributed by atoms with Crippen LogP contribution >= 0.6 is 0 Å². The van der Waals surface area contributed by atoms with E-state index in [0.717, 1.165) is 24.4 Å². The molecule has 0 spiro atoms. The number of fused-ring (bicyclic) bond motifs is 1. The molecule has 0 bridgehead atoms. The van der Waals surface area contributed by atoms with Gasteiger partial charge < -0.3 is 19.3 Å². The number of benzene rings is 1. The second kappa shape index (κ2) is 7.63. The highest BCUT2D eigenvalue weighted by atomic mass is 16.5. The summed E-state index contributed by atoms with van der Waals surface area (Å²) >= 11 is 0. The lowest BCUT2D eigenvalue weighted by atomic mass is 10.1. The van der Waals surface area contributed by atoms with E-state index < -0.39 is 6.10 Å². The molecule has 140 valence electrons. The van der Waals surface area contributed by atoms with Crippen molar-refractivity contribution in [1.82, 2.24) is 14.7 Å². The lowest BCUT2D eigenvalue weighted by Gasteiger charge is -2.37. The Morgan fingerprint density at radius 3 is 2.38 bits per heavy atom. The van der Waals surface area contributed by atoms with Crippen molar-refractivity contribution in [2.45, 2.75) is 12.5 Å². The molecule has 0 radical (unpaired) electrons. The molecule has 1 aromatic rings. The summed E-state index contributed by atoms with van der Waals surface area (Å²) in [4.78, 5) is 31.0. The first-order valence-electron chi connectivity index (χ1n) is 9.32. The first-order chi connectivity index (χ1) is 12.7. The Morgan fingerprint density at radius 2 is 1.65 bits per heavy atom. The van der Waals surface area contributed by atoms with E-state index in [1.807, 2.05) is 34.1 Å². The maximum absolute atomic E-state index is 12.7. The molecule has 2 amide bonds. The summed E-state index contributed by atoms with van der Waals surface area (Å²) in [6.07, 6.45) is 0.202. The molecule has 3 aliphatic heterocycles. The molecule has 7 nitrogen and oxygen atoms in total. The maximum atomic E-state index is 12.7. The van der Waals surface area contributed by atoms with Crippen LogP contribution in [-0.4, -0.2) is 91.6 Å². The number of carbonyl (C=O) groups is 2. The van der Waals surface area contributed by atoms with Gasteiger partial charge in [-0.25, -0.2) is 0 Å². The number of ether oxygens (including phenoxy) is 2. The quantitative estimate of drug-likeness (QED) is 0.760. The van der Waals surface area contributed by atoms with E-state index in [1.165, 1.54) is 0 Å². The topological polar surface area (TPSA) is 62.3 Å². The first-order valence-corrected chi connectivity index (χ1v) is 9.32. The summed E-state index contributed by atoms with van der Waals surface area (Å²) in [7, 11) is 0. The lowest BCUT2D eigenvalue weighted by molar-refractivity contribution is -0.144. The number of carbonyl (C=O) groups excluding carboxylic acids is 2. The van der Waals surface area contributed by atoms with Crippen molar-refractivity contribution < 1.29 is 19.1 Å². The molecular weight excluding hydrogens is 334 g/mol. The molecule has 7 heteroatoms. The Balaban J connectivity index is 1.26. The predicted molar refractivity (Wildman–Crippen MR) is 95.0 cm³/mol. The van der Waals surface area contributed by atoms with Crippen LogP contribution in [0.25, 0.3) is 0 Å². The largest absolute Gasteiger partial charge is 0.480 e. The van der Waals surface area contributed by atoms with E-state index in [4.69, 9.17) is 9.47 Å². The standard InChI is InChI=1S/C19H25N3O4/c23-18(14-20-9-11-25-12-10-20)21-5-7-22(8-6-21)19(24)17-13-15-3-1-2-4-16(15)26-17/h1-4,17H,5-14H2. The predicted octanol–water partition coefficient (Wildman–Crippen LogP) is -0.00690. The second-order valence-corrected chi connectivity index (χ2v) is 7.01. The molecule has 1 atom stereocenters. The maximum Gasteiger partial charge on any atom is 0.264 e. The third-order valence-corrected chi connectivity index (χ3v) is 5.33. The van der Waals surface area contributed by atoms with Crippen LogP contribution in [-0.2, 0) is 20.7 Å². The Bertz CT molecular complexity index is 642. The van der Waals surface area contributed by atoms with E-state index in [2.05, 4.69) is 4.90 Å². The number of amides is 2. The summed E-state index contributed by atoms with van der Waals surface area (Å²) in [6, 6.07) is 7.80. The number of piperazine rings is 1. The average Bonchev–Trinajstić information content (AvgIpc) is 3.12. The summed E-state index contributed by atoms with van der Waals surface area (Å²) in [5.74, 6) is 0.982. The van der Waals surface area contributed by atoms with Gasteiger partial charge in [0.1, 0.15) is 5.75 Å². The molecule has 2 saturated heterocycles. The van der Waals surface area contributed by atoms with Crippen molar-refractivity contribution in [2.75, 3.05) is 59.0 Å². The SMILES string of the molecule is O=C(CN1CCOCC1)N1CCN(C(=O)C2Cc3ccccc3O2)CC1. The van der Waals surface area contributed by atoms with Gasteiger partial charge in [-0.3, -0.25) is 14.5 Å². The highest BCUT2D eigenvalue weighted by Gasteiger charge is 2.34. The number of morpholine rings is 1. The Hall–Kier alpha value is -2.12. The monoisotopic (exact) mass is 359 g/mol. The Kier molecular flexibility index (Phi) is 5.08. The molecule has 0 saturated carbocycles. The van der Waals surface area contributed by atoms with Gasteiger partial charge in [0.2, 0.25) is 5.91 Å². The number of nitrogens with zero attached hydrogens (tertiary/aromatic N) is 3. The number of hydrogen-bond donors (Lipinski definition) is 0. The molecule has 3 heterocycles. The Labute approximate surface area is 153 Å². The molecule has 26 heavy (non-hydrogen) atoms. The summed E-state index contributed by atoms with van der Waals surface area (Å²) in [6.45, 7) is 5.78. The van der Waals surface area contributed by atoms with Crippen molar-refractivity contribution >= 4 is 11.8 Å². The minimum Gasteiger partial charge on any atom is -0.480 e. The number of para-hydroxylation sites is 1. The van der Waals surface area contributed by atoms with Gasteiger partial charge in [0.15, 0.2) is 6.10 Å². The van der Waals surface area contributed by atoms with Crippen LogP contribution in [0.2, 0.25) is 0 Å². The minimum absolute atomic E-state index is 0.0291. The highest BCUT2D eigenvalue weighted by molar-refractivity contribution is 5.83. The molecule has 0 aliphatic carbocycles. The summed E-state index contributed by atoms with van der Waals surface area (Å²) in [5, 5.41) is 0. The zero-order valence-electron chi connectivity index (χ0n) is 14.9. The average molecular weight is 359 g/mol. The third-order valence-electron chi connectivity index (χ3n) is 5.33. The van der Waals surface area contributed by atoms with Gasteiger partial charge in [0, 0.05) is 45.7 Å². The molecule has 0 N–H and O–H groups in total. The smallest absolute Gasteiger partial charge is 0.264 e. The number of hydrogen-bond acceptors (Lipinski definition) is 5. The second-order valence-electron chi connectivity index (χ2n) is 7.01. The molecule has 1 unspecified atom stereocenters. The zero-order chi connectivity index (χ0) is 17.9. The highest BCUT2D eigenvalue weighted by Crippen LogP contribution is 2.29. The fourth-order valence-electron chi connectivity index (χ4n) is 3.75. The minimum atomic E-state index is -0.428. The van der Waals surface area contributed by atoms with Crippen LogP contribution in [0.5, 0.6) is 5.75 Å². The third kappa shape index (κ3) is 3.68. The van der Waals surface area contributed by atoms with Gasteiger partial charge in [-0.05, 0) is 11.6 Å². The first kappa shape index (κ1) is 17.3. The van der Waals surface area contributed by atoms with Gasteiger partial charge in [-0.2, -0.15) is 0 Å². The molecule has 4 rings (SSSR count). The van der Waals surface area contributed by atoms with Crippen LogP contribution in [0.1, 0.15) is 5.56 Å². The van der Waals surface area contributed by atoms with Gasteiger partial charge in [-0.15, -0.1) is 0 Å². The van der Waals surface area contributed by atoms with E-state index >= 15 is 0 Å². The fourth-order valence-corrected chi connectivity index (χ4v) is 3.75. The van der Waals surface area contributed by atoms with E-state index in [9.17, 15) is 9.59 Å². The molecule has 0 aromatic heterocycles. The molecule has 2 fully saturated rings. The van der Waals surface area contributed by atoms with Gasteiger partial charge >= 0.3 is 0 Å². The van der Waals surface area contributed by atoms with Gasteiger partial charge in [0.25, 0.3) is 5.91 Å². The molecule has 3 aliphatic rings. The van der Waals surface area contributed by atoms with Crippen LogP contribution in [0.3, 0.4) is 0 Å². The van der Waals surface area contributed by atoms with E-state index in [1.54, 1.807) is 0 Å². The zero-order valence-corrected chi connectivity index (χ0v) is 14.9. The van der Waals surface area contributed by atoms with Crippen molar-refractivity contribution in [3.63, 3.8) is 0 Å². The van der Waals surface area contributed by atoms with Crippen molar-refractivity contribution in [1.29, 1.82) is 0 Å². The normalized spacial score (nSPS) is 23.5. The fraction of sp³-hybridized carbons (Fsp3) is 0.579. The van der Waals surface area contributed by atoms with Crippen LogP contribution in [0.15, 0.2) is 24.3 Å². The summed E-state index contributed by atoms with van der Waals surface area (Å²) < 4.78 is 11.1.